The minimum Gasteiger partial charge on any atom is -0.444 e. The van der Waals surface area contributed by atoms with Crippen molar-refractivity contribution in [1.82, 2.24) is 25.3 Å². The van der Waals surface area contributed by atoms with Gasteiger partial charge in [-0.2, -0.15) is 0 Å². The van der Waals surface area contributed by atoms with E-state index in [2.05, 4.69) is 20.6 Å². The molecule has 0 radical (unpaired) electrons. The molecule has 14 heteroatoms. The summed E-state index contributed by atoms with van der Waals surface area (Å²) in [5.74, 6) is -1.05. The average Bonchev–Trinajstić information content (AvgIpc) is 3.38. The number of hydrogen-bond donors (Lipinski definition) is 1. The van der Waals surface area contributed by atoms with Crippen LogP contribution >= 0.6 is 0 Å². The number of carbonyl (C=O) groups excluding carboxylic acids is 2. The Morgan fingerprint density at radius 1 is 1.22 bits per heavy atom. The number of anilines is 1. The molecule has 2 aromatic heterocycles. The van der Waals surface area contributed by atoms with Crippen LogP contribution in [-0.4, -0.2) is 66.1 Å². The van der Waals surface area contributed by atoms with E-state index in [1.807, 2.05) is 0 Å². The Hall–Kier alpha value is -3.94. The van der Waals surface area contributed by atoms with Crippen LogP contribution in [0.15, 0.2) is 42.9 Å². The van der Waals surface area contributed by atoms with Crippen molar-refractivity contribution >= 4 is 28.7 Å². The smallest absolute Gasteiger partial charge is 0.414 e. The van der Waals surface area contributed by atoms with Crippen molar-refractivity contribution in [3.05, 3.63) is 60.2 Å². The van der Waals surface area contributed by atoms with Crippen LogP contribution in [0.4, 0.5) is 24.1 Å². The molecule has 2 amide bonds. The van der Waals surface area contributed by atoms with Gasteiger partial charge in [0.1, 0.15) is 23.3 Å². The first-order valence-corrected chi connectivity index (χ1v) is 14.6. The van der Waals surface area contributed by atoms with Gasteiger partial charge in [-0.3, -0.25) is 14.1 Å². The van der Waals surface area contributed by atoms with Gasteiger partial charge in [-0.1, -0.05) is 11.3 Å². The average molecular weight is 587 g/mol. The van der Waals surface area contributed by atoms with Crippen molar-refractivity contribution in [3.8, 4) is 11.1 Å². The normalized spacial score (nSPS) is 27.0. The lowest BCUT2D eigenvalue weighted by molar-refractivity contribution is 0.0484. The third-order valence-corrected chi connectivity index (χ3v) is 9.00. The summed E-state index contributed by atoms with van der Waals surface area (Å²) in [4.78, 5) is 30.7. The van der Waals surface area contributed by atoms with Gasteiger partial charge in [0.25, 0.3) is 0 Å². The molecular weight excluding hydrogens is 558 g/mol. The third kappa shape index (κ3) is 5.04. The van der Waals surface area contributed by atoms with E-state index in [4.69, 9.17) is 9.47 Å². The van der Waals surface area contributed by atoms with Crippen molar-refractivity contribution in [2.75, 3.05) is 23.0 Å². The van der Waals surface area contributed by atoms with Crippen molar-refractivity contribution in [2.24, 2.45) is 11.8 Å². The molecule has 2 saturated heterocycles. The maximum atomic E-state index is 15.3. The monoisotopic (exact) mass is 586 g/mol. The van der Waals surface area contributed by atoms with Crippen molar-refractivity contribution in [2.45, 2.75) is 44.6 Å². The Labute approximate surface area is 236 Å². The summed E-state index contributed by atoms with van der Waals surface area (Å²) in [7, 11) is -0.978. The molecule has 4 heterocycles. The fraction of sp³-hybridized carbons (Fsp3) is 0.444. The molecule has 216 valence electrons. The lowest BCUT2D eigenvalue weighted by Crippen LogP contribution is -2.43. The Morgan fingerprint density at radius 2 is 1.93 bits per heavy atom. The van der Waals surface area contributed by atoms with Gasteiger partial charge in [0.15, 0.2) is 0 Å². The number of hydrogen-bond acceptors (Lipinski definition) is 8. The number of halogens is 2. The van der Waals surface area contributed by atoms with Gasteiger partial charge in [0.05, 0.1) is 41.8 Å². The second-order valence-corrected chi connectivity index (χ2v) is 13.0. The van der Waals surface area contributed by atoms with E-state index < -0.39 is 51.9 Å². The number of ether oxygens (including phenoxy) is 2. The summed E-state index contributed by atoms with van der Waals surface area (Å²) in [5, 5.41) is 10.5. The molecule has 3 fully saturated rings. The van der Waals surface area contributed by atoms with Gasteiger partial charge < -0.3 is 14.8 Å². The molecule has 5 atom stereocenters. The molecule has 2 unspecified atom stereocenters. The maximum absolute atomic E-state index is 15.3. The van der Waals surface area contributed by atoms with Gasteiger partial charge in [0, 0.05) is 52.1 Å². The molecule has 0 spiro atoms. The second kappa shape index (κ2) is 9.86. The fourth-order valence-electron chi connectivity index (χ4n) is 5.75. The molecule has 3 aliphatic rings. The summed E-state index contributed by atoms with van der Waals surface area (Å²) in [6, 6.07) is 5.31. The van der Waals surface area contributed by atoms with Crippen LogP contribution in [0, 0.1) is 23.5 Å². The first-order chi connectivity index (χ1) is 19.4. The molecule has 3 aromatic rings. The van der Waals surface area contributed by atoms with Crippen LogP contribution in [0.3, 0.4) is 0 Å². The van der Waals surface area contributed by atoms with E-state index in [9.17, 15) is 13.8 Å². The van der Waals surface area contributed by atoms with Crippen LogP contribution in [0.25, 0.3) is 11.1 Å². The van der Waals surface area contributed by atoms with Crippen LogP contribution in [0.5, 0.6) is 0 Å². The number of aromatic nitrogens is 4. The zero-order valence-electron chi connectivity index (χ0n) is 22.5. The first kappa shape index (κ1) is 27.2. The quantitative estimate of drug-likeness (QED) is 0.466. The van der Waals surface area contributed by atoms with Crippen molar-refractivity contribution in [3.63, 3.8) is 0 Å². The van der Waals surface area contributed by atoms with Gasteiger partial charge >= 0.3 is 12.2 Å². The van der Waals surface area contributed by atoms with Crippen LogP contribution < -0.4 is 10.2 Å². The Bertz CT molecular complexity index is 1490. The molecule has 1 saturated carbocycles. The number of cyclic esters (lactones) is 1. The Morgan fingerprint density at radius 3 is 2.51 bits per heavy atom. The number of nitrogens with zero attached hydrogens (tertiary/aromatic N) is 5. The van der Waals surface area contributed by atoms with Crippen LogP contribution in [-0.2, 0) is 32.4 Å². The topological polar surface area (TPSA) is 129 Å². The number of rotatable bonds is 6. The SMILES string of the molecule is CC(C)(C)OC(=O)NC1(c2ccc(-c3c(F)cc(N4C[C@H](Cn5ccnn5)OC4=O)cc3F)cn2)[C@@H]2CS(=O)C[C@@H]21. The highest BCUT2D eigenvalue weighted by Crippen LogP contribution is 2.61. The predicted molar refractivity (Wildman–Crippen MR) is 143 cm³/mol. The van der Waals surface area contributed by atoms with Gasteiger partial charge in [-0.05, 0) is 39.0 Å². The number of benzene rings is 1. The summed E-state index contributed by atoms with van der Waals surface area (Å²) in [6.07, 6.45) is 2.57. The zero-order chi connectivity index (χ0) is 29.1. The van der Waals surface area contributed by atoms with E-state index >= 15 is 8.78 Å². The molecule has 0 bridgehead atoms. The number of amides is 2. The third-order valence-electron chi connectivity index (χ3n) is 7.54. The van der Waals surface area contributed by atoms with Gasteiger partial charge in [-0.25, -0.2) is 23.1 Å². The number of pyridine rings is 1. The molecule has 41 heavy (non-hydrogen) atoms. The summed E-state index contributed by atoms with van der Waals surface area (Å²) < 4.78 is 55.0. The number of alkyl carbamates (subject to hydrolysis) is 1. The van der Waals surface area contributed by atoms with Gasteiger partial charge in [0.2, 0.25) is 0 Å². The molecule has 6 rings (SSSR count). The first-order valence-electron chi connectivity index (χ1n) is 13.1. The van der Waals surface area contributed by atoms with E-state index in [-0.39, 0.29) is 41.7 Å². The molecule has 1 aliphatic carbocycles. The predicted octanol–water partition coefficient (Wildman–Crippen LogP) is 3.37. The molecule has 1 N–H and O–H groups in total. The Balaban J connectivity index is 1.22. The molecule has 2 aliphatic heterocycles. The van der Waals surface area contributed by atoms with E-state index in [1.54, 1.807) is 33.0 Å². The minimum absolute atomic E-state index is 0.0266. The van der Waals surface area contributed by atoms with Crippen LogP contribution in [0.2, 0.25) is 0 Å². The summed E-state index contributed by atoms with van der Waals surface area (Å²) in [5.41, 5.74) is -1.14. The summed E-state index contributed by atoms with van der Waals surface area (Å²) >= 11 is 0. The fourth-order valence-corrected chi connectivity index (χ4v) is 7.68. The highest BCUT2D eigenvalue weighted by molar-refractivity contribution is 7.85. The lowest BCUT2D eigenvalue weighted by atomic mass is 10.0. The molecule has 1 aromatic carbocycles. The maximum Gasteiger partial charge on any atom is 0.414 e. The second-order valence-electron chi connectivity index (χ2n) is 11.4. The highest BCUT2D eigenvalue weighted by atomic mass is 32.2. The highest BCUT2D eigenvalue weighted by Gasteiger charge is 2.71. The Kier molecular flexibility index (Phi) is 6.55. The van der Waals surface area contributed by atoms with Gasteiger partial charge in [-0.15, -0.1) is 5.10 Å². The molecule has 11 nitrogen and oxygen atoms in total. The van der Waals surface area contributed by atoms with Crippen LogP contribution in [0.1, 0.15) is 26.5 Å². The van der Waals surface area contributed by atoms with E-state index in [0.717, 1.165) is 12.1 Å². The summed E-state index contributed by atoms with van der Waals surface area (Å²) in [6.45, 7) is 5.62. The van der Waals surface area contributed by atoms with E-state index in [1.165, 1.54) is 28.0 Å². The lowest BCUT2D eigenvalue weighted by Gasteiger charge is -2.26. The minimum atomic E-state index is -0.978. The zero-order valence-corrected chi connectivity index (χ0v) is 23.4. The number of nitrogens with one attached hydrogen (secondary N) is 1. The largest absolute Gasteiger partial charge is 0.444 e. The molecular formula is C27H28F2N6O5S. The number of carbonyl (C=O) groups is 2. The standard InChI is InChI=1S/C27H28F2N6O5S/c1-26(2,3)40-24(36)32-27(18-13-41(38)14-19(18)27)22-5-4-15(10-30-22)23-20(28)8-16(9-21(23)29)35-12-17(39-25(35)37)11-34-7-6-31-33-34/h4-10,17-19H,11-14H2,1-3H3,(H,32,36)/t17-,18-,19+,27?,41?/m0/s1. The van der Waals surface area contributed by atoms with Crippen molar-refractivity contribution < 1.29 is 32.1 Å². The van der Waals surface area contributed by atoms with Crippen molar-refractivity contribution in [1.29, 1.82) is 0 Å². The number of fused-ring (bicyclic) bond motifs is 1. The van der Waals surface area contributed by atoms with E-state index in [0.29, 0.717) is 17.2 Å².